The number of halogens is 2. The van der Waals surface area contributed by atoms with Crippen molar-refractivity contribution in [2.24, 2.45) is 0 Å². The Labute approximate surface area is 111 Å². The summed E-state index contributed by atoms with van der Waals surface area (Å²) in [5.41, 5.74) is 0.384. The van der Waals surface area contributed by atoms with E-state index in [1.807, 2.05) is 13.0 Å². The van der Waals surface area contributed by atoms with E-state index in [4.69, 9.17) is 0 Å². The first-order chi connectivity index (χ1) is 8.11. The van der Waals surface area contributed by atoms with Crippen molar-refractivity contribution in [2.75, 3.05) is 0 Å². The van der Waals surface area contributed by atoms with Gasteiger partial charge in [-0.05, 0) is 52.7 Å². The molecule has 1 nitrogen and oxygen atoms in total. The fourth-order valence-electron chi connectivity index (χ4n) is 1.47. The van der Waals surface area contributed by atoms with Crippen LogP contribution in [0.25, 0.3) is 0 Å². The molecule has 0 unspecified atom stereocenters. The Morgan fingerprint density at radius 2 is 2.12 bits per heavy atom. The van der Waals surface area contributed by atoms with E-state index >= 15 is 0 Å². The third kappa shape index (κ3) is 2.64. The van der Waals surface area contributed by atoms with Crippen molar-refractivity contribution in [3.8, 4) is 0 Å². The number of rotatable bonds is 3. The molecule has 0 radical (unpaired) electrons. The highest BCUT2D eigenvalue weighted by Crippen LogP contribution is 2.23. The average Bonchev–Trinajstić information content (AvgIpc) is 2.80. The van der Waals surface area contributed by atoms with Crippen LogP contribution in [0.5, 0.6) is 0 Å². The lowest BCUT2D eigenvalue weighted by molar-refractivity contribution is 0.104. The van der Waals surface area contributed by atoms with Crippen molar-refractivity contribution in [1.82, 2.24) is 0 Å². The van der Waals surface area contributed by atoms with E-state index in [9.17, 15) is 9.18 Å². The molecule has 4 heteroatoms. The van der Waals surface area contributed by atoms with Gasteiger partial charge in [0.2, 0.25) is 5.78 Å². The zero-order valence-corrected chi connectivity index (χ0v) is 11.6. The maximum atomic E-state index is 13.3. The van der Waals surface area contributed by atoms with Crippen LogP contribution in [0, 0.1) is 5.82 Å². The van der Waals surface area contributed by atoms with Crippen LogP contribution in [0.15, 0.2) is 34.8 Å². The molecule has 1 aromatic heterocycles. The standard InChI is InChI=1S/C13H10BrFOS/c1-2-9-4-6-12(17-9)13(16)8-3-5-10(14)11(15)7-8/h3-7H,2H2,1H3. The maximum absolute atomic E-state index is 13.3. The average molecular weight is 313 g/mol. The molecule has 17 heavy (non-hydrogen) atoms. The summed E-state index contributed by atoms with van der Waals surface area (Å²) >= 11 is 4.53. The molecule has 0 aliphatic carbocycles. The van der Waals surface area contributed by atoms with E-state index in [2.05, 4.69) is 15.9 Å². The maximum Gasteiger partial charge on any atom is 0.203 e. The first-order valence-electron chi connectivity index (χ1n) is 5.20. The Morgan fingerprint density at radius 3 is 2.71 bits per heavy atom. The van der Waals surface area contributed by atoms with Crippen LogP contribution in [-0.2, 0) is 6.42 Å². The van der Waals surface area contributed by atoms with E-state index in [0.717, 1.165) is 11.3 Å². The number of carbonyl (C=O) groups excluding carboxylic acids is 1. The molecule has 0 amide bonds. The molecule has 0 N–H and O–H groups in total. The summed E-state index contributed by atoms with van der Waals surface area (Å²) in [7, 11) is 0. The summed E-state index contributed by atoms with van der Waals surface area (Å²) < 4.78 is 13.7. The van der Waals surface area contributed by atoms with Gasteiger partial charge in [0.05, 0.1) is 9.35 Å². The Hall–Kier alpha value is -1.00. The van der Waals surface area contributed by atoms with Gasteiger partial charge in [0.1, 0.15) is 5.82 Å². The fourth-order valence-corrected chi connectivity index (χ4v) is 2.63. The lowest BCUT2D eigenvalue weighted by Gasteiger charge is -1.99. The van der Waals surface area contributed by atoms with Gasteiger partial charge in [0.25, 0.3) is 0 Å². The van der Waals surface area contributed by atoms with Gasteiger partial charge in [-0.15, -0.1) is 11.3 Å². The molecular weight excluding hydrogens is 303 g/mol. The number of hydrogen-bond acceptors (Lipinski definition) is 2. The lowest BCUT2D eigenvalue weighted by Crippen LogP contribution is -1.99. The molecule has 0 aliphatic heterocycles. The second-order valence-electron chi connectivity index (χ2n) is 3.58. The van der Waals surface area contributed by atoms with Gasteiger partial charge in [-0.3, -0.25) is 4.79 Å². The van der Waals surface area contributed by atoms with E-state index in [1.165, 1.54) is 17.4 Å². The summed E-state index contributed by atoms with van der Waals surface area (Å²) in [5.74, 6) is -0.538. The number of hydrogen-bond donors (Lipinski definition) is 0. The predicted molar refractivity (Wildman–Crippen MR) is 71.2 cm³/mol. The van der Waals surface area contributed by atoms with Gasteiger partial charge in [0, 0.05) is 10.4 Å². The molecule has 0 aliphatic rings. The fraction of sp³-hybridized carbons (Fsp3) is 0.154. The molecule has 2 aromatic rings. The third-order valence-electron chi connectivity index (χ3n) is 2.42. The molecular formula is C13H10BrFOS. The molecule has 0 fully saturated rings. The van der Waals surface area contributed by atoms with Crippen molar-refractivity contribution < 1.29 is 9.18 Å². The Morgan fingerprint density at radius 1 is 1.35 bits per heavy atom. The second kappa shape index (κ2) is 5.10. The van der Waals surface area contributed by atoms with Gasteiger partial charge < -0.3 is 0 Å². The van der Waals surface area contributed by atoms with Crippen LogP contribution >= 0.6 is 27.3 Å². The largest absolute Gasteiger partial charge is 0.288 e. The van der Waals surface area contributed by atoms with Gasteiger partial charge in [-0.25, -0.2) is 4.39 Å². The minimum Gasteiger partial charge on any atom is -0.288 e. The van der Waals surface area contributed by atoms with Gasteiger partial charge in [-0.2, -0.15) is 0 Å². The molecule has 0 bridgehead atoms. The summed E-state index contributed by atoms with van der Waals surface area (Å²) in [6.07, 6.45) is 0.909. The van der Waals surface area contributed by atoms with Crippen molar-refractivity contribution >= 4 is 33.0 Å². The number of carbonyl (C=O) groups is 1. The number of thiophene rings is 1. The molecule has 0 saturated carbocycles. The smallest absolute Gasteiger partial charge is 0.203 e. The molecule has 0 spiro atoms. The van der Waals surface area contributed by atoms with Gasteiger partial charge in [-0.1, -0.05) is 6.92 Å². The van der Waals surface area contributed by atoms with Crippen molar-refractivity contribution in [1.29, 1.82) is 0 Å². The minimum atomic E-state index is -0.414. The predicted octanol–water partition coefficient (Wildman–Crippen LogP) is 4.44. The molecule has 0 atom stereocenters. The minimum absolute atomic E-state index is 0.124. The number of aryl methyl sites for hydroxylation is 1. The normalized spacial score (nSPS) is 10.5. The van der Waals surface area contributed by atoms with Crippen LogP contribution < -0.4 is 0 Å². The third-order valence-corrected chi connectivity index (χ3v) is 4.29. The highest BCUT2D eigenvalue weighted by molar-refractivity contribution is 9.10. The summed E-state index contributed by atoms with van der Waals surface area (Å²) in [6, 6.07) is 8.17. The van der Waals surface area contributed by atoms with E-state index in [-0.39, 0.29) is 5.78 Å². The highest BCUT2D eigenvalue weighted by atomic mass is 79.9. The highest BCUT2D eigenvalue weighted by Gasteiger charge is 2.13. The van der Waals surface area contributed by atoms with Crippen LogP contribution in [-0.4, -0.2) is 5.78 Å². The lowest BCUT2D eigenvalue weighted by atomic mass is 10.1. The number of ketones is 1. The Kier molecular flexibility index (Phi) is 3.74. The van der Waals surface area contributed by atoms with Crippen LogP contribution in [0.1, 0.15) is 27.0 Å². The van der Waals surface area contributed by atoms with Crippen molar-refractivity contribution in [3.05, 3.63) is 55.9 Å². The Balaban J connectivity index is 2.33. The van der Waals surface area contributed by atoms with Crippen LogP contribution in [0.4, 0.5) is 4.39 Å². The zero-order chi connectivity index (χ0) is 12.4. The Bertz CT molecular complexity index is 562. The molecule has 88 valence electrons. The summed E-state index contributed by atoms with van der Waals surface area (Å²) in [5, 5.41) is 0. The van der Waals surface area contributed by atoms with E-state index < -0.39 is 5.82 Å². The van der Waals surface area contributed by atoms with Crippen LogP contribution in [0.2, 0.25) is 0 Å². The topological polar surface area (TPSA) is 17.1 Å². The SMILES string of the molecule is CCc1ccc(C(=O)c2ccc(Br)c(F)c2)s1. The van der Waals surface area contributed by atoms with E-state index in [0.29, 0.717) is 14.9 Å². The first-order valence-corrected chi connectivity index (χ1v) is 6.81. The summed E-state index contributed by atoms with van der Waals surface area (Å²) in [4.78, 5) is 13.9. The molecule has 0 saturated heterocycles. The van der Waals surface area contributed by atoms with E-state index in [1.54, 1.807) is 18.2 Å². The van der Waals surface area contributed by atoms with Gasteiger partial charge in [0.15, 0.2) is 0 Å². The molecule has 2 rings (SSSR count). The molecule has 1 aromatic carbocycles. The number of benzene rings is 1. The monoisotopic (exact) mass is 312 g/mol. The van der Waals surface area contributed by atoms with Crippen LogP contribution in [0.3, 0.4) is 0 Å². The van der Waals surface area contributed by atoms with Crippen molar-refractivity contribution in [2.45, 2.75) is 13.3 Å². The second-order valence-corrected chi connectivity index (χ2v) is 5.60. The quantitative estimate of drug-likeness (QED) is 0.766. The van der Waals surface area contributed by atoms with Gasteiger partial charge >= 0.3 is 0 Å². The summed E-state index contributed by atoms with van der Waals surface area (Å²) in [6.45, 7) is 2.04. The molecule has 1 heterocycles. The first kappa shape index (κ1) is 12.5. The van der Waals surface area contributed by atoms with Crippen molar-refractivity contribution in [3.63, 3.8) is 0 Å². The zero-order valence-electron chi connectivity index (χ0n) is 9.17.